The molecule has 2 aromatic heterocycles. The second-order valence-corrected chi connectivity index (χ2v) is 10.0. The van der Waals surface area contributed by atoms with E-state index in [2.05, 4.69) is 4.99 Å². The summed E-state index contributed by atoms with van der Waals surface area (Å²) < 4.78 is 13.1. The second-order valence-electron chi connectivity index (χ2n) is 8.61. The number of halogens is 1. The van der Waals surface area contributed by atoms with Crippen LogP contribution in [0.3, 0.4) is 0 Å². The van der Waals surface area contributed by atoms with Crippen LogP contribution >= 0.6 is 22.9 Å². The molecule has 0 saturated heterocycles. The fraction of sp³-hybridized carbons (Fsp3) is 0.143. The van der Waals surface area contributed by atoms with Crippen molar-refractivity contribution in [1.82, 2.24) is 4.57 Å². The Morgan fingerprint density at radius 1 is 1.16 bits per heavy atom. The summed E-state index contributed by atoms with van der Waals surface area (Å²) in [6.45, 7) is 3.23. The number of rotatable bonds is 6. The first-order valence-electron chi connectivity index (χ1n) is 11.5. The van der Waals surface area contributed by atoms with Crippen LogP contribution in [0.15, 0.2) is 80.1 Å². The molecule has 38 heavy (non-hydrogen) atoms. The van der Waals surface area contributed by atoms with Crippen LogP contribution in [-0.4, -0.2) is 28.5 Å². The van der Waals surface area contributed by atoms with E-state index in [-0.39, 0.29) is 21.9 Å². The number of carboxylic acid groups (broad SMARTS) is 1. The molecule has 10 heteroatoms. The molecule has 1 aliphatic heterocycles. The van der Waals surface area contributed by atoms with E-state index in [1.165, 1.54) is 35.0 Å². The molecular formula is C28H21ClN2O6S. The number of thiazole rings is 1. The molecule has 8 nitrogen and oxygen atoms in total. The Bertz CT molecular complexity index is 1810. The highest BCUT2D eigenvalue weighted by molar-refractivity contribution is 7.07. The number of nitrogens with zero attached hydrogens (tertiary/aromatic N) is 2. The van der Waals surface area contributed by atoms with Crippen LogP contribution in [0.2, 0.25) is 5.02 Å². The van der Waals surface area contributed by atoms with Crippen molar-refractivity contribution in [3.05, 3.63) is 107 Å². The molecule has 2 aromatic carbocycles. The Labute approximate surface area is 225 Å². The van der Waals surface area contributed by atoms with Crippen molar-refractivity contribution in [2.45, 2.75) is 19.9 Å². The van der Waals surface area contributed by atoms with Gasteiger partial charge in [-0.25, -0.2) is 9.79 Å². The average Bonchev–Trinajstić information content (AvgIpc) is 3.47. The van der Waals surface area contributed by atoms with Crippen molar-refractivity contribution in [2.75, 3.05) is 7.11 Å². The summed E-state index contributed by atoms with van der Waals surface area (Å²) in [5, 5.41) is 9.48. The fourth-order valence-corrected chi connectivity index (χ4v) is 5.65. The molecule has 3 heterocycles. The zero-order valence-corrected chi connectivity index (χ0v) is 22.1. The van der Waals surface area contributed by atoms with Crippen LogP contribution < -0.4 is 19.6 Å². The van der Waals surface area contributed by atoms with Gasteiger partial charge in [-0.05, 0) is 61.9 Å². The number of allylic oxidation sites excluding steroid dienone is 2. The van der Waals surface area contributed by atoms with E-state index in [0.29, 0.717) is 43.4 Å². The van der Waals surface area contributed by atoms with E-state index < -0.39 is 12.0 Å². The third-order valence-electron chi connectivity index (χ3n) is 6.21. The lowest BCUT2D eigenvalue weighted by Gasteiger charge is -2.24. The zero-order valence-electron chi connectivity index (χ0n) is 20.5. The van der Waals surface area contributed by atoms with Gasteiger partial charge < -0.3 is 14.3 Å². The molecule has 1 aliphatic rings. The zero-order chi connectivity index (χ0) is 27.1. The van der Waals surface area contributed by atoms with Crippen molar-refractivity contribution in [3.63, 3.8) is 0 Å². The van der Waals surface area contributed by atoms with Gasteiger partial charge in [-0.3, -0.25) is 14.2 Å². The van der Waals surface area contributed by atoms with E-state index in [0.717, 1.165) is 5.56 Å². The first kappa shape index (κ1) is 25.4. The fourth-order valence-electron chi connectivity index (χ4n) is 4.43. The molecule has 4 aromatic rings. The molecule has 0 amide bonds. The van der Waals surface area contributed by atoms with Gasteiger partial charge in [0.15, 0.2) is 10.6 Å². The first-order chi connectivity index (χ1) is 18.2. The van der Waals surface area contributed by atoms with Gasteiger partial charge in [0, 0.05) is 22.9 Å². The second kappa shape index (κ2) is 9.92. The summed E-state index contributed by atoms with van der Waals surface area (Å²) in [6, 6.07) is 14.6. The number of hydrogen-bond acceptors (Lipinski definition) is 7. The smallest absolute Gasteiger partial charge is 0.337 e. The molecule has 0 unspecified atom stereocenters. The van der Waals surface area contributed by atoms with E-state index in [9.17, 15) is 19.5 Å². The highest BCUT2D eigenvalue weighted by Gasteiger charge is 2.30. The van der Waals surface area contributed by atoms with Crippen LogP contribution in [-0.2, 0) is 4.79 Å². The number of furan rings is 1. The number of hydrogen-bond donors (Lipinski definition) is 1. The Morgan fingerprint density at radius 3 is 2.55 bits per heavy atom. The molecule has 0 radical (unpaired) electrons. The molecule has 0 spiro atoms. The van der Waals surface area contributed by atoms with Gasteiger partial charge >= 0.3 is 5.97 Å². The van der Waals surface area contributed by atoms with Crippen LogP contribution in [0.5, 0.6) is 5.75 Å². The van der Waals surface area contributed by atoms with Crippen LogP contribution in [0.1, 0.15) is 41.6 Å². The van der Waals surface area contributed by atoms with Gasteiger partial charge in [-0.1, -0.05) is 35.1 Å². The van der Waals surface area contributed by atoms with Gasteiger partial charge in [0.1, 0.15) is 17.3 Å². The number of Topliss-reactive ketones (excluding diaryl/α,β-unsaturated/α-hetero) is 1. The number of carbonyl (C=O) groups excluding carboxylic acids is 1. The van der Waals surface area contributed by atoms with Crippen LogP contribution in [0.25, 0.3) is 17.4 Å². The van der Waals surface area contributed by atoms with Gasteiger partial charge in [-0.2, -0.15) is 0 Å². The maximum absolute atomic E-state index is 13.6. The van der Waals surface area contributed by atoms with Crippen molar-refractivity contribution in [1.29, 1.82) is 0 Å². The van der Waals surface area contributed by atoms with Gasteiger partial charge in [-0.15, -0.1) is 0 Å². The summed E-state index contributed by atoms with van der Waals surface area (Å²) in [5.74, 6) is 0.183. The lowest BCUT2D eigenvalue weighted by molar-refractivity contribution is -0.114. The highest BCUT2D eigenvalue weighted by Crippen LogP contribution is 2.31. The lowest BCUT2D eigenvalue weighted by Crippen LogP contribution is -2.39. The minimum atomic E-state index is -1.14. The molecule has 0 bridgehead atoms. The highest BCUT2D eigenvalue weighted by atomic mass is 35.5. The Hall–Kier alpha value is -4.21. The Balaban J connectivity index is 1.61. The first-order valence-corrected chi connectivity index (χ1v) is 12.7. The standard InChI is InChI=1S/C28H21ClN2O6S/c1-14-24(15(2)32)25(16-4-7-18(36-3)8-5-16)31-26(33)23(38-28(31)30-14)13-19-9-11-22(37-19)17-6-10-21(29)20(12-17)27(34)35/h4-13,25H,1-3H3,(H,34,35)/b23-13+/t25-/m1/s1. The minimum Gasteiger partial charge on any atom is -0.497 e. The number of methoxy groups -OCH3 is 1. The van der Waals surface area contributed by atoms with E-state index in [1.54, 1.807) is 50.4 Å². The van der Waals surface area contributed by atoms with Crippen molar-refractivity contribution in [3.8, 4) is 17.1 Å². The number of ether oxygens (including phenoxy) is 1. The normalized spacial score (nSPS) is 15.3. The number of carbonyl (C=O) groups is 2. The summed E-state index contributed by atoms with van der Waals surface area (Å²) in [7, 11) is 1.57. The summed E-state index contributed by atoms with van der Waals surface area (Å²) in [5.41, 5.74) is 1.96. The third-order valence-corrected chi connectivity index (χ3v) is 7.53. The summed E-state index contributed by atoms with van der Waals surface area (Å²) in [4.78, 5) is 42.7. The number of benzene rings is 2. The monoisotopic (exact) mass is 548 g/mol. The number of ketones is 1. The number of carboxylic acids is 1. The molecule has 192 valence electrons. The minimum absolute atomic E-state index is 0.0365. The summed E-state index contributed by atoms with van der Waals surface area (Å²) >= 11 is 7.17. The molecule has 0 saturated carbocycles. The topological polar surface area (TPSA) is 111 Å². The molecule has 1 N–H and O–H groups in total. The molecule has 0 fully saturated rings. The number of fused-ring (bicyclic) bond motifs is 1. The molecule has 0 aliphatic carbocycles. The largest absolute Gasteiger partial charge is 0.497 e. The average molecular weight is 549 g/mol. The molecule has 5 rings (SSSR count). The predicted molar refractivity (Wildman–Crippen MR) is 144 cm³/mol. The van der Waals surface area contributed by atoms with Crippen molar-refractivity contribution >= 4 is 40.8 Å². The third kappa shape index (κ3) is 4.51. The van der Waals surface area contributed by atoms with Crippen LogP contribution in [0, 0.1) is 0 Å². The maximum atomic E-state index is 13.6. The maximum Gasteiger partial charge on any atom is 0.337 e. The van der Waals surface area contributed by atoms with Crippen molar-refractivity contribution in [2.24, 2.45) is 4.99 Å². The molecule has 1 atom stereocenters. The van der Waals surface area contributed by atoms with Crippen LogP contribution in [0.4, 0.5) is 0 Å². The number of aromatic carboxylic acids is 1. The van der Waals surface area contributed by atoms with E-state index in [1.807, 2.05) is 12.1 Å². The predicted octanol–water partition coefficient (Wildman–Crippen LogP) is 4.44. The quantitative estimate of drug-likeness (QED) is 0.381. The lowest BCUT2D eigenvalue weighted by atomic mass is 9.93. The van der Waals surface area contributed by atoms with Gasteiger partial charge in [0.05, 0.1) is 28.3 Å². The summed E-state index contributed by atoms with van der Waals surface area (Å²) in [6.07, 6.45) is 1.61. The Kier molecular flexibility index (Phi) is 6.64. The Morgan fingerprint density at radius 2 is 1.89 bits per heavy atom. The van der Waals surface area contributed by atoms with E-state index >= 15 is 0 Å². The molecular weight excluding hydrogens is 528 g/mol. The van der Waals surface area contributed by atoms with Gasteiger partial charge in [0.2, 0.25) is 0 Å². The van der Waals surface area contributed by atoms with Crippen molar-refractivity contribution < 1.29 is 23.8 Å². The number of aromatic nitrogens is 1. The SMILES string of the molecule is COc1ccc([C@@H]2C(C(C)=O)=C(C)N=c3s/c(=C/c4ccc(-c5ccc(Cl)c(C(=O)O)c5)o4)c(=O)n32)cc1. The van der Waals surface area contributed by atoms with Gasteiger partial charge in [0.25, 0.3) is 5.56 Å². The van der Waals surface area contributed by atoms with E-state index in [4.69, 9.17) is 20.8 Å².